The number of carbonyl (C=O) groups is 2. The lowest BCUT2D eigenvalue weighted by Crippen LogP contribution is -2.40. The standard InChI is InChI=1S/C25H28N2O5/c1-31-20-9-5-17(6-10-20)15-27-24(29)22(19-7-11-21(32-2)12-8-19)23(25(27)30)26-13-3-4-18(14-26)16-28/h5-12,18,28H,3-4,13-16H2,1-2H3. The molecular weight excluding hydrogens is 408 g/mol. The summed E-state index contributed by atoms with van der Waals surface area (Å²) in [5.74, 6) is 0.884. The molecule has 4 rings (SSSR count). The summed E-state index contributed by atoms with van der Waals surface area (Å²) in [6, 6.07) is 14.5. The molecule has 2 aliphatic rings. The highest BCUT2D eigenvalue weighted by molar-refractivity contribution is 6.35. The second kappa shape index (κ2) is 9.44. The Kier molecular flexibility index (Phi) is 6.46. The van der Waals surface area contributed by atoms with E-state index >= 15 is 0 Å². The first kappa shape index (κ1) is 21.9. The highest BCUT2D eigenvalue weighted by atomic mass is 16.5. The molecule has 0 spiro atoms. The van der Waals surface area contributed by atoms with Crippen molar-refractivity contribution in [1.29, 1.82) is 0 Å². The molecule has 1 N–H and O–H groups in total. The van der Waals surface area contributed by atoms with Gasteiger partial charge in [0.25, 0.3) is 11.8 Å². The fourth-order valence-electron chi connectivity index (χ4n) is 4.35. The number of imide groups is 1. The van der Waals surface area contributed by atoms with E-state index in [0.717, 1.165) is 18.4 Å². The molecule has 2 aromatic rings. The van der Waals surface area contributed by atoms with Crippen LogP contribution in [-0.4, -0.2) is 60.6 Å². The molecule has 2 amide bonds. The van der Waals surface area contributed by atoms with Crippen molar-refractivity contribution in [1.82, 2.24) is 9.80 Å². The largest absolute Gasteiger partial charge is 0.497 e. The van der Waals surface area contributed by atoms with Crippen LogP contribution in [0, 0.1) is 5.92 Å². The molecule has 1 fully saturated rings. The third-order valence-electron chi connectivity index (χ3n) is 6.12. The summed E-state index contributed by atoms with van der Waals surface area (Å²) in [4.78, 5) is 30.3. The van der Waals surface area contributed by atoms with Crippen LogP contribution in [0.4, 0.5) is 0 Å². The molecule has 1 unspecified atom stereocenters. The predicted molar refractivity (Wildman–Crippen MR) is 120 cm³/mol. The molecule has 0 aliphatic carbocycles. The summed E-state index contributed by atoms with van der Waals surface area (Å²) in [5.41, 5.74) is 2.36. The summed E-state index contributed by atoms with van der Waals surface area (Å²) in [5, 5.41) is 9.67. The average molecular weight is 437 g/mol. The van der Waals surface area contributed by atoms with Gasteiger partial charge in [0.2, 0.25) is 0 Å². The number of hydrogen-bond donors (Lipinski definition) is 1. The Hall–Kier alpha value is -3.32. The van der Waals surface area contributed by atoms with Crippen LogP contribution in [0.3, 0.4) is 0 Å². The van der Waals surface area contributed by atoms with Crippen molar-refractivity contribution >= 4 is 17.4 Å². The number of aliphatic hydroxyl groups is 1. The average Bonchev–Trinajstić information content (AvgIpc) is 3.09. The summed E-state index contributed by atoms with van der Waals surface area (Å²) in [6.07, 6.45) is 1.78. The van der Waals surface area contributed by atoms with Gasteiger partial charge in [-0.1, -0.05) is 24.3 Å². The number of hydrogen-bond acceptors (Lipinski definition) is 6. The monoisotopic (exact) mass is 436 g/mol. The molecule has 2 heterocycles. The first-order valence-corrected chi connectivity index (χ1v) is 10.8. The number of piperidine rings is 1. The van der Waals surface area contributed by atoms with Crippen molar-refractivity contribution in [2.75, 3.05) is 33.9 Å². The van der Waals surface area contributed by atoms with Crippen molar-refractivity contribution in [2.45, 2.75) is 19.4 Å². The lowest BCUT2D eigenvalue weighted by molar-refractivity contribution is -0.138. The molecule has 0 radical (unpaired) electrons. The van der Waals surface area contributed by atoms with Gasteiger partial charge >= 0.3 is 0 Å². The number of methoxy groups -OCH3 is 2. The Bertz CT molecular complexity index is 1010. The number of likely N-dealkylation sites (tertiary alicyclic amines) is 1. The Morgan fingerprint density at radius 2 is 1.56 bits per heavy atom. The Labute approximate surface area is 187 Å². The molecule has 168 valence electrons. The van der Waals surface area contributed by atoms with Crippen molar-refractivity contribution in [3.63, 3.8) is 0 Å². The SMILES string of the molecule is COc1ccc(CN2C(=O)C(c3ccc(OC)cc3)=C(N3CCCC(CO)C3)C2=O)cc1. The van der Waals surface area contributed by atoms with Crippen LogP contribution < -0.4 is 9.47 Å². The van der Waals surface area contributed by atoms with Crippen molar-refractivity contribution in [3.05, 3.63) is 65.4 Å². The Morgan fingerprint density at radius 3 is 2.16 bits per heavy atom. The summed E-state index contributed by atoms with van der Waals surface area (Å²) < 4.78 is 10.4. The van der Waals surface area contributed by atoms with E-state index in [0.29, 0.717) is 41.4 Å². The highest BCUT2D eigenvalue weighted by Gasteiger charge is 2.42. The van der Waals surface area contributed by atoms with Gasteiger partial charge in [0.05, 0.1) is 26.3 Å². The first-order valence-electron chi connectivity index (χ1n) is 10.8. The number of nitrogens with zero attached hydrogens (tertiary/aromatic N) is 2. The van der Waals surface area contributed by atoms with Gasteiger partial charge in [-0.25, -0.2) is 0 Å². The van der Waals surface area contributed by atoms with Crippen LogP contribution >= 0.6 is 0 Å². The number of rotatable bonds is 7. The summed E-state index contributed by atoms with van der Waals surface area (Å²) >= 11 is 0. The summed E-state index contributed by atoms with van der Waals surface area (Å²) in [6.45, 7) is 1.49. The molecule has 2 aliphatic heterocycles. The molecule has 32 heavy (non-hydrogen) atoms. The minimum Gasteiger partial charge on any atom is -0.497 e. The fraction of sp³-hybridized carbons (Fsp3) is 0.360. The second-order valence-electron chi connectivity index (χ2n) is 8.13. The van der Waals surface area contributed by atoms with Gasteiger partial charge in [-0.3, -0.25) is 14.5 Å². The van der Waals surface area contributed by atoms with E-state index < -0.39 is 0 Å². The number of carbonyl (C=O) groups excluding carboxylic acids is 2. The maximum Gasteiger partial charge on any atom is 0.278 e. The molecular formula is C25H28N2O5. The van der Waals surface area contributed by atoms with Gasteiger partial charge in [-0.05, 0) is 54.2 Å². The summed E-state index contributed by atoms with van der Waals surface area (Å²) in [7, 11) is 3.18. The minimum absolute atomic E-state index is 0.0688. The van der Waals surface area contributed by atoms with Gasteiger partial charge in [-0.15, -0.1) is 0 Å². The van der Waals surface area contributed by atoms with E-state index in [-0.39, 0.29) is 30.9 Å². The lowest BCUT2D eigenvalue weighted by atomic mass is 9.97. The van der Waals surface area contributed by atoms with E-state index in [2.05, 4.69) is 0 Å². The van der Waals surface area contributed by atoms with Crippen LogP contribution in [0.25, 0.3) is 5.57 Å². The molecule has 7 heteroatoms. The zero-order valence-corrected chi connectivity index (χ0v) is 18.4. The van der Waals surface area contributed by atoms with Crippen LogP contribution in [0.2, 0.25) is 0 Å². The number of benzene rings is 2. The van der Waals surface area contributed by atoms with Crippen LogP contribution in [0.15, 0.2) is 54.2 Å². The van der Waals surface area contributed by atoms with E-state index in [4.69, 9.17) is 9.47 Å². The van der Waals surface area contributed by atoms with Gasteiger partial charge in [0, 0.05) is 19.7 Å². The third-order valence-corrected chi connectivity index (χ3v) is 6.12. The highest BCUT2D eigenvalue weighted by Crippen LogP contribution is 2.35. The third kappa shape index (κ3) is 4.21. The molecule has 7 nitrogen and oxygen atoms in total. The number of amides is 2. The van der Waals surface area contributed by atoms with Crippen molar-refractivity contribution < 1.29 is 24.2 Å². The van der Waals surface area contributed by atoms with Gasteiger partial charge in [0.15, 0.2) is 0 Å². The maximum atomic E-state index is 13.5. The van der Waals surface area contributed by atoms with E-state index in [1.165, 1.54) is 4.90 Å². The molecule has 0 bridgehead atoms. The Balaban J connectivity index is 1.70. The number of aliphatic hydroxyl groups excluding tert-OH is 1. The first-order chi connectivity index (χ1) is 15.5. The topological polar surface area (TPSA) is 79.3 Å². The van der Waals surface area contributed by atoms with E-state index in [1.807, 2.05) is 41.3 Å². The van der Waals surface area contributed by atoms with E-state index in [9.17, 15) is 14.7 Å². The zero-order chi connectivity index (χ0) is 22.7. The van der Waals surface area contributed by atoms with Gasteiger partial charge in [-0.2, -0.15) is 0 Å². The quantitative estimate of drug-likeness (QED) is 0.673. The normalized spacial score (nSPS) is 19.0. The molecule has 1 saturated heterocycles. The van der Waals surface area contributed by atoms with Crippen molar-refractivity contribution in [2.24, 2.45) is 5.92 Å². The van der Waals surface area contributed by atoms with Crippen LogP contribution in [0.5, 0.6) is 11.5 Å². The van der Waals surface area contributed by atoms with Crippen LogP contribution in [-0.2, 0) is 16.1 Å². The predicted octanol–water partition coefficient (Wildman–Crippen LogP) is 2.69. The molecule has 1 atom stereocenters. The van der Waals surface area contributed by atoms with Gasteiger partial charge < -0.3 is 19.5 Å². The lowest BCUT2D eigenvalue weighted by Gasteiger charge is -2.34. The zero-order valence-electron chi connectivity index (χ0n) is 18.4. The van der Waals surface area contributed by atoms with E-state index in [1.54, 1.807) is 26.4 Å². The maximum absolute atomic E-state index is 13.5. The number of ether oxygens (including phenoxy) is 2. The van der Waals surface area contributed by atoms with Crippen molar-refractivity contribution in [3.8, 4) is 11.5 Å². The minimum atomic E-state index is -0.308. The Morgan fingerprint density at radius 1 is 0.938 bits per heavy atom. The van der Waals surface area contributed by atoms with Gasteiger partial charge in [0.1, 0.15) is 17.2 Å². The van der Waals surface area contributed by atoms with Crippen LogP contribution in [0.1, 0.15) is 24.0 Å². The molecule has 0 saturated carbocycles. The molecule has 0 aromatic heterocycles. The fourth-order valence-corrected chi connectivity index (χ4v) is 4.35. The smallest absolute Gasteiger partial charge is 0.278 e. The second-order valence-corrected chi connectivity index (χ2v) is 8.13. The molecule has 2 aromatic carbocycles.